The molecule has 13 heavy (non-hydrogen) atoms. The van der Waals surface area contributed by atoms with Gasteiger partial charge in [0.1, 0.15) is 0 Å². The van der Waals surface area contributed by atoms with Gasteiger partial charge in [-0.3, -0.25) is 4.79 Å². The highest BCUT2D eigenvalue weighted by Crippen LogP contribution is 2.52. The van der Waals surface area contributed by atoms with E-state index in [1.807, 2.05) is 0 Å². The lowest BCUT2D eigenvalue weighted by molar-refractivity contribution is -0.140. The van der Waals surface area contributed by atoms with Gasteiger partial charge < -0.3 is 10.4 Å². The third-order valence-corrected chi connectivity index (χ3v) is 3.55. The number of carboxylic acid groups (broad SMARTS) is 1. The fraction of sp³-hybridized carbons (Fsp3) is 0.900. The molecule has 74 valence electrons. The smallest absolute Gasteiger partial charge is 0.303 e. The second kappa shape index (κ2) is 3.29. The van der Waals surface area contributed by atoms with Crippen molar-refractivity contribution in [1.29, 1.82) is 0 Å². The van der Waals surface area contributed by atoms with E-state index in [2.05, 4.69) is 5.32 Å². The molecule has 0 atom stereocenters. The van der Waals surface area contributed by atoms with Crippen molar-refractivity contribution < 1.29 is 9.90 Å². The highest BCUT2D eigenvalue weighted by Gasteiger charge is 2.46. The first kappa shape index (κ1) is 9.00. The van der Waals surface area contributed by atoms with Crippen LogP contribution >= 0.6 is 0 Å². The summed E-state index contributed by atoms with van der Waals surface area (Å²) < 4.78 is 0. The molecule has 2 aliphatic rings. The highest BCUT2D eigenvalue weighted by atomic mass is 16.4. The minimum atomic E-state index is -0.617. The molecule has 0 amide bonds. The van der Waals surface area contributed by atoms with Crippen molar-refractivity contribution in [3.63, 3.8) is 0 Å². The number of hydrogen-bond donors (Lipinski definition) is 2. The monoisotopic (exact) mass is 183 g/mol. The summed E-state index contributed by atoms with van der Waals surface area (Å²) in [5.41, 5.74) is 0.150. The van der Waals surface area contributed by atoms with E-state index in [0.717, 1.165) is 25.9 Å². The van der Waals surface area contributed by atoms with Gasteiger partial charge in [0.15, 0.2) is 0 Å². The first-order valence-corrected chi connectivity index (χ1v) is 5.15. The number of hydrogen-bond acceptors (Lipinski definition) is 2. The minimum absolute atomic E-state index is 0.150. The van der Waals surface area contributed by atoms with Gasteiger partial charge in [0.25, 0.3) is 0 Å². The van der Waals surface area contributed by atoms with Crippen molar-refractivity contribution in [2.45, 2.75) is 32.1 Å². The van der Waals surface area contributed by atoms with Gasteiger partial charge >= 0.3 is 5.97 Å². The van der Waals surface area contributed by atoms with E-state index in [9.17, 15) is 4.79 Å². The molecule has 0 bridgehead atoms. The molecule has 1 aliphatic carbocycles. The Labute approximate surface area is 78.5 Å². The van der Waals surface area contributed by atoms with Gasteiger partial charge in [-0.2, -0.15) is 0 Å². The maximum atomic E-state index is 10.8. The fourth-order valence-electron chi connectivity index (χ4n) is 2.65. The standard InChI is InChI=1S/C10H17NO2/c12-9(13)7-10(8-1-2-8)3-5-11-6-4-10/h8,11H,1-7H2,(H,12,13). The first-order chi connectivity index (χ1) is 6.23. The Morgan fingerprint density at radius 3 is 2.46 bits per heavy atom. The van der Waals surface area contributed by atoms with Crippen molar-refractivity contribution in [3.8, 4) is 0 Å². The third-order valence-electron chi connectivity index (χ3n) is 3.55. The van der Waals surface area contributed by atoms with Gasteiger partial charge in [0.2, 0.25) is 0 Å². The molecule has 1 saturated heterocycles. The Morgan fingerprint density at radius 1 is 1.38 bits per heavy atom. The predicted octanol–water partition coefficient (Wildman–Crippen LogP) is 1.24. The average Bonchev–Trinajstić information content (AvgIpc) is 2.86. The molecule has 1 saturated carbocycles. The number of aliphatic carboxylic acids is 1. The summed E-state index contributed by atoms with van der Waals surface area (Å²) in [7, 11) is 0. The molecule has 1 heterocycles. The third kappa shape index (κ3) is 1.85. The first-order valence-electron chi connectivity index (χ1n) is 5.15. The highest BCUT2D eigenvalue weighted by molar-refractivity contribution is 5.67. The van der Waals surface area contributed by atoms with Crippen LogP contribution in [-0.4, -0.2) is 24.2 Å². The van der Waals surface area contributed by atoms with Crippen LogP contribution in [0.1, 0.15) is 32.1 Å². The largest absolute Gasteiger partial charge is 0.481 e. The van der Waals surface area contributed by atoms with Crippen molar-refractivity contribution in [2.24, 2.45) is 11.3 Å². The number of carboxylic acids is 1. The summed E-state index contributed by atoms with van der Waals surface area (Å²) in [6, 6.07) is 0. The molecule has 0 spiro atoms. The molecule has 0 aromatic heterocycles. The predicted molar refractivity (Wildman–Crippen MR) is 49.5 cm³/mol. The van der Waals surface area contributed by atoms with Gasteiger partial charge in [-0.1, -0.05) is 0 Å². The van der Waals surface area contributed by atoms with E-state index in [-0.39, 0.29) is 5.41 Å². The Hall–Kier alpha value is -0.570. The molecule has 0 radical (unpaired) electrons. The van der Waals surface area contributed by atoms with E-state index < -0.39 is 5.97 Å². The van der Waals surface area contributed by atoms with Crippen LogP contribution in [0.2, 0.25) is 0 Å². The van der Waals surface area contributed by atoms with Crippen LogP contribution in [0.5, 0.6) is 0 Å². The number of rotatable bonds is 3. The molecular formula is C10H17NO2. The van der Waals surface area contributed by atoms with Crippen molar-refractivity contribution in [2.75, 3.05) is 13.1 Å². The van der Waals surface area contributed by atoms with Gasteiger partial charge in [-0.15, -0.1) is 0 Å². The molecule has 0 aromatic rings. The molecular weight excluding hydrogens is 166 g/mol. The Morgan fingerprint density at radius 2 is 2.00 bits per heavy atom. The zero-order valence-electron chi connectivity index (χ0n) is 7.88. The molecule has 0 aromatic carbocycles. The van der Waals surface area contributed by atoms with Gasteiger partial charge in [-0.25, -0.2) is 0 Å². The Bertz CT molecular complexity index is 205. The Balaban J connectivity index is 2.04. The number of nitrogens with one attached hydrogen (secondary N) is 1. The lowest BCUT2D eigenvalue weighted by Crippen LogP contribution is -2.39. The zero-order valence-corrected chi connectivity index (χ0v) is 7.88. The lowest BCUT2D eigenvalue weighted by Gasteiger charge is -2.36. The van der Waals surface area contributed by atoms with Crippen molar-refractivity contribution in [1.82, 2.24) is 5.32 Å². The van der Waals surface area contributed by atoms with Crippen LogP contribution in [0.3, 0.4) is 0 Å². The quantitative estimate of drug-likeness (QED) is 0.692. The van der Waals surface area contributed by atoms with Crippen molar-refractivity contribution >= 4 is 5.97 Å². The fourth-order valence-corrected chi connectivity index (χ4v) is 2.65. The summed E-state index contributed by atoms with van der Waals surface area (Å²) in [5.74, 6) is 0.0968. The van der Waals surface area contributed by atoms with Gasteiger partial charge in [-0.05, 0) is 50.1 Å². The number of piperidine rings is 1. The van der Waals surface area contributed by atoms with Crippen LogP contribution in [0, 0.1) is 11.3 Å². The van der Waals surface area contributed by atoms with E-state index in [0.29, 0.717) is 12.3 Å². The van der Waals surface area contributed by atoms with Crippen LogP contribution in [0.25, 0.3) is 0 Å². The Kier molecular flexibility index (Phi) is 2.28. The second-order valence-corrected chi connectivity index (χ2v) is 4.46. The summed E-state index contributed by atoms with van der Waals surface area (Å²) in [5, 5.41) is 12.2. The summed E-state index contributed by atoms with van der Waals surface area (Å²) in [4.78, 5) is 10.8. The average molecular weight is 183 g/mol. The molecule has 3 nitrogen and oxygen atoms in total. The normalized spacial score (nSPS) is 27.1. The van der Waals surface area contributed by atoms with E-state index >= 15 is 0 Å². The van der Waals surface area contributed by atoms with E-state index in [1.54, 1.807) is 0 Å². The topological polar surface area (TPSA) is 49.3 Å². The second-order valence-electron chi connectivity index (χ2n) is 4.46. The number of carbonyl (C=O) groups is 1. The SMILES string of the molecule is O=C(O)CC1(C2CC2)CCNCC1. The maximum absolute atomic E-state index is 10.8. The van der Waals surface area contributed by atoms with E-state index in [4.69, 9.17) is 5.11 Å². The molecule has 1 aliphatic heterocycles. The minimum Gasteiger partial charge on any atom is -0.481 e. The molecule has 2 fully saturated rings. The molecule has 3 heteroatoms. The summed E-state index contributed by atoms with van der Waals surface area (Å²) in [6.07, 6.45) is 5.02. The molecule has 2 rings (SSSR count). The van der Waals surface area contributed by atoms with Gasteiger partial charge in [0.05, 0.1) is 6.42 Å². The van der Waals surface area contributed by atoms with E-state index in [1.165, 1.54) is 12.8 Å². The summed E-state index contributed by atoms with van der Waals surface area (Å²) in [6.45, 7) is 2.01. The van der Waals surface area contributed by atoms with Crippen LogP contribution < -0.4 is 5.32 Å². The lowest BCUT2D eigenvalue weighted by atomic mass is 9.72. The molecule has 0 unspecified atom stereocenters. The van der Waals surface area contributed by atoms with Crippen molar-refractivity contribution in [3.05, 3.63) is 0 Å². The zero-order chi connectivity index (χ0) is 9.31. The van der Waals surface area contributed by atoms with Crippen LogP contribution in [-0.2, 0) is 4.79 Å². The molecule has 2 N–H and O–H groups in total. The summed E-state index contributed by atoms with van der Waals surface area (Å²) >= 11 is 0. The maximum Gasteiger partial charge on any atom is 0.303 e. The van der Waals surface area contributed by atoms with Gasteiger partial charge in [0, 0.05) is 0 Å². The van der Waals surface area contributed by atoms with Crippen LogP contribution in [0.15, 0.2) is 0 Å². The van der Waals surface area contributed by atoms with Crippen LogP contribution in [0.4, 0.5) is 0 Å².